The molecule has 1 aromatic carbocycles. The topological polar surface area (TPSA) is 58.2 Å². The van der Waals surface area contributed by atoms with Crippen LogP contribution in [0.25, 0.3) is 0 Å². The molecule has 0 spiro atoms. The summed E-state index contributed by atoms with van der Waals surface area (Å²) in [6.07, 6.45) is 0. The predicted molar refractivity (Wildman–Crippen MR) is 88.4 cm³/mol. The summed E-state index contributed by atoms with van der Waals surface area (Å²) in [7, 11) is -1.69. The van der Waals surface area contributed by atoms with Crippen LogP contribution < -0.4 is 10.0 Å². The molecule has 2 aromatic rings. The van der Waals surface area contributed by atoms with Gasteiger partial charge in [0.25, 0.3) is 10.0 Å². The van der Waals surface area contributed by atoms with Gasteiger partial charge in [-0.25, -0.2) is 8.42 Å². The molecule has 2 rings (SSSR count). The summed E-state index contributed by atoms with van der Waals surface area (Å²) < 4.78 is 28.0. The Morgan fingerprint density at radius 3 is 2.52 bits per heavy atom. The molecule has 0 aliphatic heterocycles. The summed E-state index contributed by atoms with van der Waals surface area (Å²) in [4.78, 5) is 0.995. The zero-order valence-corrected chi connectivity index (χ0v) is 14.0. The normalized spacial score (nSPS) is 11.8. The van der Waals surface area contributed by atoms with E-state index in [0.717, 1.165) is 10.4 Å². The zero-order valence-electron chi connectivity index (χ0n) is 12.4. The van der Waals surface area contributed by atoms with E-state index in [0.29, 0.717) is 16.4 Å². The third-order valence-corrected chi connectivity index (χ3v) is 6.02. The maximum Gasteiger partial charge on any atom is 0.271 e. The van der Waals surface area contributed by atoms with Crippen LogP contribution in [0.3, 0.4) is 0 Å². The lowest BCUT2D eigenvalue weighted by Crippen LogP contribution is -2.13. The van der Waals surface area contributed by atoms with Gasteiger partial charge in [-0.15, -0.1) is 11.3 Å². The van der Waals surface area contributed by atoms with Gasteiger partial charge in [-0.05, 0) is 36.7 Å². The van der Waals surface area contributed by atoms with Crippen LogP contribution in [0.1, 0.15) is 30.2 Å². The monoisotopic (exact) mass is 324 g/mol. The van der Waals surface area contributed by atoms with Crippen LogP contribution in [0.4, 0.5) is 5.69 Å². The van der Waals surface area contributed by atoms with E-state index >= 15 is 0 Å². The highest BCUT2D eigenvalue weighted by Crippen LogP contribution is 2.28. The third kappa shape index (κ3) is 3.84. The molecule has 0 amide bonds. The molecular weight excluding hydrogens is 304 g/mol. The van der Waals surface area contributed by atoms with Gasteiger partial charge in [0.05, 0.1) is 5.69 Å². The number of hydrogen-bond acceptors (Lipinski definition) is 4. The van der Waals surface area contributed by atoms with E-state index in [-0.39, 0.29) is 5.92 Å². The molecule has 114 valence electrons. The fourth-order valence-corrected chi connectivity index (χ4v) is 4.52. The number of rotatable bonds is 6. The summed E-state index contributed by atoms with van der Waals surface area (Å²) in [5.41, 5.74) is 1.64. The highest BCUT2D eigenvalue weighted by Gasteiger charge is 2.18. The van der Waals surface area contributed by atoms with E-state index in [2.05, 4.69) is 10.0 Å². The summed E-state index contributed by atoms with van der Waals surface area (Å²) in [6.45, 7) is 4.76. The molecule has 1 aromatic heterocycles. The molecule has 0 atom stereocenters. The Morgan fingerprint density at radius 2 is 1.86 bits per heavy atom. The average Bonchev–Trinajstić information content (AvgIpc) is 2.88. The highest BCUT2D eigenvalue weighted by atomic mass is 32.2. The number of anilines is 1. The summed E-state index contributed by atoms with van der Waals surface area (Å²) >= 11 is 1.28. The Kier molecular flexibility index (Phi) is 5.03. The number of thiophene rings is 1. The second-order valence-corrected chi connectivity index (χ2v) is 8.18. The molecule has 4 nitrogen and oxygen atoms in total. The number of hydrogen-bond donors (Lipinski definition) is 2. The number of benzene rings is 1. The zero-order chi connectivity index (χ0) is 15.5. The summed E-state index contributed by atoms with van der Waals surface area (Å²) in [6, 6.07) is 11.0. The van der Waals surface area contributed by atoms with E-state index in [1.165, 1.54) is 11.3 Å². The first kappa shape index (κ1) is 16.0. The number of sulfonamides is 1. The van der Waals surface area contributed by atoms with Gasteiger partial charge in [0.15, 0.2) is 0 Å². The van der Waals surface area contributed by atoms with Crippen molar-refractivity contribution < 1.29 is 8.42 Å². The van der Waals surface area contributed by atoms with Gasteiger partial charge < -0.3 is 5.32 Å². The van der Waals surface area contributed by atoms with E-state index in [9.17, 15) is 8.42 Å². The molecule has 0 bridgehead atoms. The van der Waals surface area contributed by atoms with E-state index in [4.69, 9.17) is 0 Å². The van der Waals surface area contributed by atoms with Gasteiger partial charge in [0, 0.05) is 11.4 Å². The second kappa shape index (κ2) is 6.60. The lowest BCUT2D eigenvalue weighted by molar-refractivity contribution is 0.603. The molecule has 0 aliphatic carbocycles. The largest absolute Gasteiger partial charge is 0.315 e. The molecule has 0 fully saturated rings. The van der Waals surface area contributed by atoms with Crippen LogP contribution in [-0.4, -0.2) is 15.5 Å². The van der Waals surface area contributed by atoms with E-state index < -0.39 is 10.0 Å². The van der Waals surface area contributed by atoms with Crippen molar-refractivity contribution in [1.29, 1.82) is 0 Å². The van der Waals surface area contributed by atoms with Gasteiger partial charge in [-0.3, -0.25) is 4.72 Å². The van der Waals surface area contributed by atoms with Crippen molar-refractivity contribution in [3.8, 4) is 0 Å². The minimum absolute atomic E-state index is 0.257. The molecule has 2 N–H and O–H groups in total. The van der Waals surface area contributed by atoms with Crippen LogP contribution in [0.2, 0.25) is 0 Å². The van der Waals surface area contributed by atoms with Crippen LogP contribution in [-0.2, 0) is 16.6 Å². The van der Waals surface area contributed by atoms with Crippen molar-refractivity contribution in [1.82, 2.24) is 5.32 Å². The quantitative estimate of drug-likeness (QED) is 0.856. The van der Waals surface area contributed by atoms with Gasteiger partial charge in [-0.2, -0.15) is 0 Å². The van der Waals surface area contributed by atoms with Crippen LogP contribution in [0.5, 0.6) is 0 Å². The lowest BCUT2D eigenvalue weighted by Gasteiger charge is -2.14. The SMILES string of the molecule is CNCc1ccc(S(=O)(=O)Nc2ccccc2C(C)C)s1. The minimum Gasteiger partial charge on any atom is -0.315 e. The molecule has 6 heteroatoms. The van der Waals surface area contributed by atoms with Crippen molar-refractivity contribution in [3.63, 3.8) is 0 Å². The van der Waals surface area contributed by atoms with Crippen LogP contribution in [0.15, 0.2) is 40.6 Å². The Hall–Kier alpha value is -1.37. The van der Waals surface area contributed by atoms with Crippen molar-refractivity contribution >= 4 is 27.0 Å². The molecule has 0 saturated carbocycles. The second-order valence-electron chi connectivity index (χ2n) is 5.10. The molecular formula is C15H20N2O2S2. The van der Waals surface area contributed by atoms with E-state index in [1.54, 1.807) is 12.1 Å². The maximum atomic E-state index is 12.5. The van der Waals surface area contributed by atoms with Crippen LogP contribution in [0, 0.1) is 0 Å². The van der Waals surface area contributed by atoms with E-state index in [1.807, 2.05) is 45.2 Å². The molecule has 0 aliphatic rings. The minimum atomic E-state index is -3.53. The molecule has 0 radical (unpaired) electrons. The Labute approximate surface area is 130 Å². The Balaban J connectivity index is 2.29. The third-order valence-electron chi connectivity index (χ3n) is 3.08. The van der Waals surface area contributed by atoms with Gasteiger partial charge >= 0.3 is 0 Å². The van der Waals surface area contributed by atoms with Gasteiger partial charge in [0.2, 0.25) is 0 Å². The lowest BCUT2D eigenvalue weighted by atomic mass is 10.0. The van der Waals surface area contributed by atoms with Crippen molar-refractivity contribution in [2.75, 3.05) is 11.8 Å². The molecule has 0 saturated heterocycles. The molecule has 21 heavy (non-hydrogen) atoms. The maximum absolute atomic E-state index is 12.5. The van der Waals surface area contributed by atoms with Crippen molar-refractivity contribution in [2.24, 2.45) is 0 Å². The van der Waals surface area contributed by atoms with Gasteiger partial charge in [-0.1, -0.05) is 32.0 Å². The Morgan fingerprint density at radius 1 is 1.14 bits per heavy atom. The first-order chi connectivity index (χ1) is 9.94. The van der Waals surface area contributed by atoms with Crippen LogP contribution >= 0.6 is 11.3 Å². The summed E-state index contributed by atoms with van der Waals surface area (Å²) in [5.74, 6) is 0.257. The average molecular weight is 324 g/mol. The molecule has 0 unspecified atom stereocenters. The standard InChI is InChI=1S/C15H20N2O2S2/c1-11(2)13-6-4-5-7-14(13)17-21(18,19)15-9-8-12(20-15)10-16-3/h4-9,11,16-17H,10H2,1-3H3. The Bertz CT molecular complexity index is 706. The molecule has 1 heterocycles. The number of para-hydroxylation sites is 1. The first-order valence-electron chi connectivity index (χ1n) is 6.79. The number of nitrogens with one attached hydrogen (secondary N) is 2. The highest BCUT2D eigenvalue weighted by molar-refractivity contribution is 7.94. The fourth-order valence-electron chi connectivity index (χ4n) is 2.06. The van der Waals surface area contributed by atoms with Crippen molar-refractivity contribution in [2.45, 2.75) is 30.5 Å². The summed E-state index contributed by atoms with van der Waals surface area (Å²) in [5, 5.41) is 3.02. The smallest absolute Gasteiger partial charge is 0.271 e. The van der Waals surface area contributed by atoms with Crippen molar-refractivity contribution in [3.05, 3.63) is 46.8 Å². The predicted octanol–water partition coefficient (Wildman–Crippen LogP) is 3.39. The first-order valence-corrected chi connectivity index (χ1v) is 9.09. The van der Waals surface area contributed by atoms with Gasteiger partial charge in [0.1, 0.15) is 4.21 Å². The fraction of sp³-hybridized carbons (Fsp3) is 0.333.